The standard InChI is InChI=1S/C16H18N4O10S/c17-7(16(25)26)1-4-11(21)19-8(15(24)18-5-12(22)23)6-31-30-10-3-2-9(20(27)28)13-14(10)29-13/h2-3,7-8H,1,4-6,17H2,(H,18,24)(H,19,21)(H,22,23)(H,25,26)/t7-,8-/m0/s1. The second-order valence-corrected chi connectivity index (χ2v) is 6.92. The number of nitrogens with two attached hydrogens (primary N) is 1. The Bertz CT molecular complexity index is 909. The number of fused-ring (bicyclic) bond motifs is 1. The van der Waals surface area contributed by atoms with Gasteiger partial charge in [0.1, 0.15) is 18.6 Å². The van der Waals surface area contributed by atoms with E-state index >= 15 is 0 Å². The highest BCUT2D eigenvalue weighted by molar-refractivity contribution is 7.95. The second kappa shape index (κ2) is 10.4. The van der Waals surface area contributed by atoms with Crippen LogP contribution in [0.5, 0.6) is 17.2 Å². The summed E-state index contributed by atoms with van der Waals surface area (Å²) < 4.78 is 10.4. The lowest BCUT2D eigenvalue weighted by atomic mass is 10.1. The predicted octanol–water partition coefficient (Wildman–Crippen LogP) is -0.395. The van der Waals surface area contributed by atoms with E-state index in [0.29, 0.717) is 0 Å². The molecule has 1 aromatic rings. The highest BCUT2D eigenvalue weighted by atomic mass is 32.2. The number of rotatable bonds is 13. The van der Waals surface area contributed by atoms with Crippen LogP contribution in [0.25, 0.3) is 0 Å². The van der Waals surface area contributed by atoms with E-state index in [-0.39, 0.29) is 41.5 Å². The van der Waals surface area contributed by atoms with Crippen molar-refractivity contribution in [1.29, 1.82) is 0 Å². The van der Waals surface area contributed by atoms with Crippen molar-refractivity contribution in [1.82, 2.24) is 10.6 Å². The number of nitro groups is 1. The van der Waals surface area contributed by atoms with Gasteiger partial charge in [0, 0.05) is 12.5 Å². The maximum atomic E-state index is 12.2. The van der Waals surface area contributed by atoms with Crippen LogP contribution < -0.4 is 25.3 Å². The van der Waals surface area contributed by atoms with Crippen LogP contribution in [0.1, 0.15) is 12.8 Å². The van der Waals surface area contributed by atoms with Crippen LogP contribution in [0.4, 0.5) is 5.69 Å². The number of carboxylic acid groups (broad SMARTS) is 2. The Balaban J connectivity index is 1.93. The van der Waals surface area contributed by atoms with Gasteiger partial charge >= 0.3 is 17.6 Å². The number of aliphatic carboxylic acids is 2. The molecule has 0 saturated carbocycles. The molecule has 14 nitrogen and oxygen atoms in total. The SMILES string of the molecule is N[C@@H](CCC(=O)N[C@@H](CSOc1ccc([N+](=O)[O-])c2c1O2)C(=O)NCC(=O)O)C(=O)O. The Hall–Kier alpha value is -3.59. The predicted molar refractivity (Wildman–Crippen MR) is 104 cm³/mol. The van der Waals surface area contributed by atoms with Crippen molar-refractivity contribution < 1.29 is 43.2 Å². The van der Waals surface area contributed by atoms with Gasteiger partial charge in [0.2, 0.25) is 17.6 Å². The summed E-state index contributed by atoms with van der Waals surface area (Å²) in [6.07, 6.45) is -0.439. The molecule has 6 N–H and O–H groups in total. The van der Waals surface area contributed by atoms with E-state index in [1.54, 1.807) is 0 Å². The average Bonchev–Trinajstić information content (AvgIpc) is 3.50. The number of nitrogens with zero attached hydrogens (tertiary/aromatic N) is 1. The van der Waals surface area contributed by atoms with Crippen molar-refractivity contribution in [2.45, 2.75) is 24.9 Å². The van der Waals surface area contributed by atoms with E-state index in [0.717, 1.165) is 12.0 Å². The van der Waals surface area contributed by atoms with Gasteiger partial charge in [-0.2, -0.15) is 0 Å². The number of ether oxygens (including phenoxy) is 1. The molecule has 0 radical (unpaired) electrons. The molecule has 2 amide bonds. The molecule has 1 aliphatic heterocycles. The lowest BCUT2D eigenvalue weighted by Crippen LogP contribution is -2.49. The van der Waals surface area contributed by atoms with Crippen LogP contribution in [0, 0.1) is 10.1 Å². The quantitative estimate of drug-likeness (QED) is 0.112. The first kappa shape index (κ1) is 23.7. The molecule has 0 aromatic heterocycles. The average molecular weight is 458 g/mol. The summed E-state index contributed by atoms with van der Waals surface area (Å²) >= 11 is 0.718. The number of carbonyl (C=O) groups is 4. The molecule has 0 saturated heterocycles. The Kier molecular flexibility index (Phi) is 7.98. The van der Waals surface area contributed by atoms with Gasteiger partial charge in [-0.1, -0.05) is 0 Å². The van der Waals surface area contributed by atoms with Gasteiger partial charge in [0.25, 0.3) is 5.75 Å². The normalized spacial score (nSPS) is 13.1. The van der Waals surface area contributed by atoms with Crippen LogP contribution in [0.3, 0.4) is 0 Å². The topological polar surface area (TPSA) is 224 Å². The van der Waals surface area contributed by atoms with Gasteiger partial charge in [-0.15, -0.1) is 0 Å². The molecular weight excluding hydrogens is 440 g/mol. The Morgan fingerprint density at radius 2 is 1.97 bits per heavy atom. The molecular formula is C16H18N4O10S. The number of nitro benzene ring substituents is 1. The van der Waals surface area contributed by atoms with Crippen LogP contribution in [-0.2, 0) is 19.2 Å². The first-order chi connectivity index (χ1) is 14.6. The van der Waals surface area contributed by atoms with E-state index in [9.17, 15) is 29.3 Å². The first-order valence-electron chi connectivity index (χ1n) is 8.66. The number of carbonyl (C=O) groups excluding carboxylic acids is 2. The Morgan fingerprint density at radius 1 is 1.26 bits per heavy atom. The largest absolute Gasteiger partial charge is 0.480 e. The summed E-state index contributed by atoms with van der Waals surface area (Å²) in [7, 11) is 0. The molecule has 0 unspecified atom stereocenters. The van der Waals surface area contributed by atoms with Crippen molar-refractivity contribution in [2.24, 2.45) is 5.73 Å². The van der Waals surface area contributed by atoms with Crippen molar-refractivity contribution in [3.63, 3.8) is 0 Å². The maximum Gasteiger partial charge on any atom is 0.322 e. The molecule has 31 heavy (non-hydrogen) atoms. The summed E-state index contributed by atoms with van der Waals surface area (Å²) in [5, 5.41) is 32.7. The molecule has 1 heterocycles. The van der Waals surface area contributed by atoms with Gasteiger partial charge in [-0.05, 0) is 12.5 Å². The highest BCUT2D eigenvalue weighted by Gasteiger charge is 2.37. The van der Waals surface area contributed by atoms with E-state index in [2.05, 4.69) is 10.6 Å². The van der Waals surface area contributed by atoms with Gasteiger partial charge < -0.3 is 35.5 Å². The molecule has 2 rings (SSSR count). The fourth-order valence-corrected chi connectivity index (χ4v) is 2.93. The summed E-state index contributed by atoms with van der Waals surface area (Å²) in [6, 6.07) is 0.0360. The summed E-state index contributed by atoms with van der Waals surface area (Å²) in [6.45, 7) is -0.676. The zero-order chi connectivity index (χ0) is 23.1. The number of nitrogens with one attached hydrogen (secondary N) is 2. The van der Waals surface area contributed by atoms with Gasteiger partial charge in [0.05, 0.1) is 22.7 Å². The Labute approximate surface area is 178 Å². The molecule has 0 spiro atoms. The molecule has 15 heteroatoms. The van der Waals surface area contributed by atoms with Crippen LogP contribution in [-0.4, -0.2) is 63.3 Å². The van der Waals surface area contributed by atoms with Gasteiger partial charge in [-0.3, -0.25) is 29.3 Å². The minimum atomic E-state index is -1.29. The molecule has 2 atom stereocenters. The van der Waals surface area contributed by atoms with Crippen molar-refractivity contribution in [2.75, 3.05) is 12.3 Å². The monoisotopic (exact) mass is 458 g/mol. The molecule has 0 bridgehead atoms. The van der Waals surface area contributed by atoms with Crippen LogP contribution in [0.15, 0.2) is 12.1 Å². The van der Waals surface area contributed by atoms with E-state index in [1.807, 2.05) is 0 Å². The van der Waals surface area contributed by atoms with Crippen LogP contribution in [0.2, 0.25) is 0 Å². The number of hydrogen-bond acceptors (Lipinski definition) is 10. The summed E-state index contributed by atoms with van der Waals surface area (Å²) in [5.41, 5.74) is 5.11. The van der Waals surface area contributed by atoms with Crippen LogP contribution >= 0.6 is 12.0 Å². The highest BCUT2D eigenvalue weighted by Crippen LogP contribution is 2.58. The minimum absolute atomic E-state index is 0.0712. The summed E-state index contributed by atoms with van der Waals surface area (Å²) in [4.78, 5) is 55.8. The second-order valence-electron chi connectivity index (χ2n) is 6.18. The third-order valence-electron chi connectivity index (χ3n) is 3.86. The molecule has 168 valence electrons. The van der Waals surface area contributed by atoms with Gasteiger partial charge in [0.15, 0.2) is 5.75 Å². The number of hydrogen-bond donors (Lipinski definition) is 5. The zero-order valence-electron chi connectivity index (χ0n) is 15.7. The van der Waals surface area contributed by atoms with Gasteiger partial charge in [-0.25, -0.2) is 0 Å². The molecule has 0 fully saturated rings. The lowest BCUT2D eigenvalue weighted by molar-refractivity contribution is -0.384. The van der Waals surface area contributed by atoms with Crippen molar-refractivity contribution in [3.05, 3.63) is 22.2 Å². The third kappa shape index (κ3) is 7.00. The lowest BCUT2D eigenvalue weighted by Gasteiger charge is -2.17. The molecule has 0 aliphatic carbocycles. The number of benzene rings is 1. The van der Waals surface area contributed by atoms with E-state index in [4.69, 9.17) is 24.9 Å². The molecule has 1 aromatic carbocycles. The third-order valence-corrected chi connectivity index (χ3v) is 4.63. The van der Waals surface area contributed by atoms with Crippen molar-refractivity contribution in [3.8, 4) is 17.2 Å². The minimum Gasteiger partial charge on any atom is -0.480 e. The molecule has 1 aliphatic rings. The fraction of sp³-hybridized carbons (Fsp3) is 0.375. The number of amides is 2. The number of carboxylic acids is 2. The first-order valence-corrected chi connectivity index (χ1v) is 9.57. The fourth-order valence-electron chi connectivity index (χ4n) is 2.23. The van der Waals surface area contributed by atoms with E-state index < -0.39 is 47.3 Å². The smallest absolute Gasteiger partial charge is 0.322 e. The van der Waals surface area contributed by atoms with Crippen molar-refractivity contribution >= 4 is 41.5 Å². The Morgan fingerprint density at radius 3 is 2.58 bits per heavy atom. The van der Waals surface area contributed by atoms with E-state index in [1.165, 1.54) is 12.1 Å². The summed E-state index contributed by atoms with van der Waals surface area (Å²) in [5.74, 6) is -3.77. The maximum absolute atomic E-state index is 12.2. The zero-order valence-corrected chi connectivity index (χ0v) is 16.5.